The molecule has 0 saturated heterocycles. The van der Waals surface area contributed by atoms with Crippen LogP contribution in [0.5, 0.6) is 5.75 Å². The largest absolute Gasteiger partial charge is 0.494 e. The molecule has 1 aliphatic rings. The third-order valence-electron chi connectivity index (χ3n) is 3.70. The van der Waals surface area contributed by atoms with Gasteiger partial charge in [-0.15, -0.1) is 0 Å². The summed E-state index contributed by atoms with van der Waals surface area (Å²) in [6.45, 7) is 2.55. The van der Waals surface area contributed by atoms with Gasteiger partial charge in [0.2, 0.25) is 0 Å². The minimum atomic E-state index is -0.417. The standard InChI is InChI=1S/C20H18ClNO3/c1-2-24-17-10-5-15(6-11-17)13-18-20(23)25-19(22-18)12-7-14-3-8-16(21)9-4-14/h3-6,8-11,13H,2,7,12H2,1H3/b18-13+. The van der Waals surface area contributed by atoms with Gasteiger partial charge in [-0.3, -0.25) is 0 Å². The normalized spacial score (nSPS) is 15.2. The molecule has 1 heterocycles. The second-order valence-electron chi connectivity index (χ2n) is 5.55. The monoisotopic (exact) mass is 355 g/mol. The number of cyclic esters (lactones) is 1. The van der Waals surface area contributed by atoms with Gasteiger partial charge in [0.1, 0.15) is 5.75 Å². The van der Waals surface area contributed by atoms with E-state index in [1.165, 1.54) is 0 Å². The fourth-order valence-electron chi connectivity index (χ4n) is 2.45. The van der Waals surface area contributed by atoms with Gasteiger partial charge in [0.05, 0.1) is 6.61 Å². The Bertz CT molecular complexity index is 808. The lowest BCUT2D eigenvalue weighted by molar-refractivity contribution is -0.130. The van der Waals surface area contributed by atoms with Crippen molar-refractivity contribution in [1.29, 1.82) is 0 Å². The number of esters is 1. The van der Waals surface area contributed by atoms with Crippen LogP contribution >= 0.6 is 11.6 Å². The summed E-state index contributed by atoms with van der Waals surface area (Å²) in [5.74, 6) is 0.822. The van der Waals surface area contributed by atoms with Gasteiger partial charge >= 0.3 is 5.97 Å². The van der Waals surface area contributed by atoms with E-state index in [1.54, 1.807) is 6.08 Å². The number of aliphatic imine (C=N–C) groups is 1. The molecule has 0 saturated carbocycles. The van der Waals surface area contributed by atoms with Crippen LogP contribution in [0.4, 0.5) is 0 Å². The summed E-state index contributed by atoms with van der Waals surface area (Å²) in [7, 11) is 0. The summed E-state index contributed by atoms with van der Waals surface area (Å²) in [5, 5.41) is 0.703. The molecule has 25 heavy (non-hydrogen) atoms. The van der Waals surface area contributed by atoms with E-state index in [2.05, 4.69) is 4.99 Å². The third kappa shape index (κ3) is 4.70. The van der Waals surface area contributed by atoms with E-state index in [4.69, 9.17) is 21.1 Å². The van der Waals surface area contributed by atoms with Gasteiger partial charge in [-0.1, -0.05) is 35.9 Å². The van der Waals surface area contributed by atoms with E-state index < -0.39 is 5.97 Å². The first-order chi connectivity index (χ1) is 12.1. The van der Waals surface area contributed by atoms with Gasteiger partial charge in [-0.05, 0) is 54.8 Å². The molecule has 1 aliphatic heterocycles. The number of nitrogens with zero attached hydrogens (tertiary/aromatic N) is 1. The maximum absolute atomic E-state index is 12.0. The van der Waals surface area contributed by atoms with E-state index >= 15 is 0 Å². The summed E-state index contributed by atoms with van der Waals surface area (Å²) in [6.07, 6.45) is 3.01. The number of carbonyl (C=O) groups excluding carboxylic acids is 1. The average molecular weight is 356 g/mol. The highest BCUT2D eigenvalue weighted by atomic mass is 35.5. The van der Waals surface area contributed by atoms with E-state index in [-0.39, 0.29) is 0 Å². The van der Waals surface area contributed by atoms with Gasteiger partial charge in [0.15, 0.2) is 11.6 Å². The molecule has 0 amide bonds. The first kappa shape index (κ1) is 17.2. The summed E-state index contributed by atoms with van der Waals surface area (Å²) in [6, 6.07) is 15.1. The Kier molecular flexibility index (Phi) is 5.51. The molecule has 0 N–H and O–H groups in total. The Morgan fingerprint density at radius 2 is 1.80 bits per heavy atom. The van der Waals surface area contributed by atoms with Crippen molar-refractivity contribution in [2.45, 2.75) is 19.8 Å². The van der Waals surface area contributed by atoms with Crippen molar-refractivity contribution in [3.05, 3.63) is 70.4 Å². The molecular weight excluding hydrogens is 338 g/mol. The number of hydrogen-bond acceptors (Lipinski definition) is 4. The average Bonchev–Trinajstić information content (AvgIpc) is 2.96. The van der Waals surface area contributed by atoms with Crippen molar-refractivity contribution in [2.75, 3.05) is 6.61 Å². The van der Waals surface area contributed by atoms with E-state index in [0.717, 1.165) is 23.3 Å². The highest BCUT2D eigenvalue weighted by Gasteiger charge is 2.22. The minimum Gasteiger partial charge on any atom is -0.494 e. The summed E-state index contributed by atoms with van der Waals surface area (Å²) < 4.78 is 10.6. The highest BCUT2D eigenvalue weighted by molar-refractivity contribution is 6.30. The van der Waals surface area contributed by atoms with Crippen LogP contribution in [0.3, 0.4) is 0 Å². The maximum Gasteiger partial charge on any atom is 0.363 e. The Morgan fingerprint density at radius 3 is 2.48 bits per heavy atom. The molecule has 128 valence electrons. The number of halogens is 1. The molecule has 0 bridgehead atoms. The molecule has 3 rings (SSSR count). The summed E-state index contributed by atoms with van der Waals surface area (Å²) in [4.78, 5) is 16.3. The highest BCUT2D eigenvalue weighted by Crippen LogP contribution is 2.20. The molecule has 0 aromatic heterocycles. The fourth-order valence-corrected chi connectivity index (χ4v) is 2.57. The molecule has 5 heteroatoms. The number of ether oxygens (including phenoxy) is 2. The van der Waals surface area contributed by atoms with Gasteiger partial charge in [-0.25, -0.2) is 9.79 Å². The van der Waals surface area contributed by atoms with Gasteiger partial charge in [0, 0.05) is 11.4 Å². The number of rotatable bonds is 6. The smallest absolute Gasteiger partial charge is 0.363 e. The van der Waals surface area contributed by atoms with Crippen LogP contribution in [0.2, 0.25) is 5.02 Å². The molecular formula is C20H18ClNO3. The van der Waals surface area contributed by atoms with Crippen LogP contribution in [-0.2, 0) is 16.0 Å². The van der Waals surface area contributed by atoms with Crippen LogP contribution in [-0.4, -0.2) is 18.5 Å². The molecule has 2 aromatic rings. The quantitative estimate of drug-likeness (QED) is 0.559. The molecule has 0 aliphatic carbocycles. The zero-order valence-corrected chi connectivity index (χ0v) is 14.6. The molecule has 0 unspecified atom stereocenters. The predicted molar refractivity (Wildman–Crippen MR) is 98.9 cm³/mol. The lowest BCUT2D eigenvalue weighted by Crippen LogP contribution is -2.05. The lowest BCUT2D eigenvalue weighted by Gasteiger charge is -2.02. The second-order valence-corrected chi connectivity index (χ2v) is 5.99. The zero-order valence-electron chi connectivity index (χ0n) is 13.9. The zero-order chi connectivity index (χ0) is 17.6. The van der Waals surface area contributed by atoms with Crippen molar-refractivity contribution >= 4 is 29.5 Å². The number of benzene rings is 2. The van der Waals surface area contributed by atoms with Gasteiger partial charge in [-0.2, -0.15) is 0 Å². The van der Waals surface area contributed by atoms with Gasteiger partial charge < -0.3 is 9.47 Å². The Labute approximate surface area is 151 Å². The SMILES string of the molecule is CCOc1ccc(/C=C2/N=C(CCc3ccc(Cl)cc3)OC2=O)cc1. The Balaban J connectivity index is 1.65. The summed E-state index contributed by atoms with van der Waals surface area (Å²) in [5.41, 5.74) is 2.31. The maximum atomic E-state index is 12.0. The molecule has 0 spiro atoms. The first-order valence-corrected chi connectivity index (χ1v) is 8.50. The van der Waals surface area contributed by atoms with Crippen LogP contribution in [0.25, 0.3) is 6.08 Å². The second kappa shape index (κ2) is 7.99. The number of hydrogen-bond donors (Lipinski definition) is 0. The molecule has 4 nitrogen and oxygen atoms in total. The van der Waals surface area contributed by atoms with Crippen LogP contribution < -0.4 is 4.74 Å². The van der Waals surface area contributed by atoms with E-state index in [9.17, 15) is 4.79 Å². The van der Waals surface area contributed by atoms with Crippen LogP contribution in [0.15, 0.2) is 59.2 Å². The molecule has 0 fully saturated rings. The van der Waals surface area contributed by atoms with Crippen LogP contribution in [0, 0.1) is 0 Å². The Morgan fingerprint density at radius 1 is 1.08 bits per heavy atom. The molecule has 0 atom stereocenters. The number of carbonyl (C=O) groups is 1. The lowest BCUT2D eigenvalue weighted by atomic mass is 10.1. The van der Waals surface area contributed by atoms with Crippen molar-refractivity contribution in [3.63, 3.8) is 0 Å². The van der Waals surface area contributed by atoms with Crippen molar-refractivity contribution < 1.29 is 14.3 Å². The summed E-state index contributed by atoms with van der Waals surface area (Å²) >= 11 is 5.87. The topological polar surface area (TPSA) is 47.9 Å². The van der Waals surface area contributed by atoms with Crippen LogP contribution in [0.1, 0.15) is 24.5 Å². The van der Waals surface area contributed by atoms with Crippen molar-refractivity contribution in [1.82, 2.24) is 0 Å². The van der Waals surface area contributed by atoms with E-state index in [0.29, 0.717) is 29.6 Å². The predicted octanol–water partition coefficient (Wildman–Crippen LogP) is 4.67. The third-order valence-corrected chi connectivity index (χ3v) is 3.95. The van der Waals surface area contributed by atoms with Crippen molar-refractivity contribution in [2.24, 2.45) is 4.99 Å². The Hall–Kier alpha value is -2.59. The van der Waals surface area contributed by atoms with Gasteiger partial charge in [0.25, 0.3) is 0 Å². The number of aryl methyl sites for hydroxylation is 1. The first-order valence-electron chi connectivity index (χ1n) is 8.13. The molecule has 0 radical (unpaired) electrons. The van der Waals surface area contributed by atoms with Crippen molar-refractivity contribution in [3.8, 4) is 5.75 Å². The van der Waals surface area contributed by atoms with E-state index in [1.807, 2.05) is 55.5 Å². The minimum absolute atomic E-state index is 0.315. The fraction of sp³-hybridized carbons (Fsp3) is 0.200. The molecule has 2 aromatic carbocycles.